The third-order valence-electron chi connectivity index (χ3n) is 5.55. The molecule has 1 saturated carbocycles. The summed E-state index contributed by atoms with van der Waals surface area (Å²) in [6, 6.07) is 0. The van der Waals surface area contributed by atoms with E-state index in [0.717, 1.165) is 71.5 Å². The molecule has 4 fully saturated rings. The second-order valence-corrected chi connectivity index (χ2v) is 7.61. The molecule has 2 atom stereocenters. The minimum atomic E-state index is -0.0393. The minimum Gasteiger partial charge on any atom is -0.379 e. The first-order chi connectivity index (χ1) is 10.8. The van der Waals surface area contributed by atoms with Gasteiger partial charge in [-0.15, -0.1) is 0 Å². The Morgan fingerprint density at radius 2 is 1.64 bits per heavy atom. The largest absolute Gasteiger partial charge is 0.379 e. The highest BCUT2D eigenvalue weighted by molar-refractivity contribution is 4.95. The second-order valence-electron chi connectivity index (χ2n) is 7.61. The first-order valence-corrected chi connectivity index (χ1v) is 9.09. The monoisotopic (exact) mass is 310 g/mol. The molecule has 0 aromatic carbocycles. The van der Waals surface area contributed by atoms with Gasteiger partial charge in [0.1, 0.15) is 5.60 Å². The van der Waals surface area contributed by atoms with Crippen molar-refractivity contribution < 1.29 is 14.2 Å². The summed E-state index contributed by atoms with van der Waals surface area (Å²) in [4.78, 5) is 5.09. The van der Waals surface area contributed by atoms with Crippen molar-refractivity contribution in [1.29, 1.82) is 0 Å². The maximum atomic E-state index is 6.56. The van der Waals surface area contributed by atoms with E-state index in [4.69, 9.17) is 14.2 Å². The van der Waals surface area contributed by atoms with Crippen LogP contribution in [0.5, 0.6) is 0 Å². The normalized spacial score (nSPS) is 38.5. The fourth-order valence-electron chi connectivity index (χ4n) is 4.12. The predicted octanol–water partition coefficient (Wildman–Crippen LogP) is 0.979. The highest BCUT2D eigenvalue weighted by Gasteiger charge is 2.44. The Hall–Kier alpha value is -0.200. The van der Waals surface area contributed by atoms with Crippen molar-refractivity contribution in [3.63, 3.8) is 0 Å². The van der Waals surface area contributed by atoms with Gasteiger partial charge < -0.3 is 14.2 Å². The van der Waals surface area contributed by atoms with E-state index < -0.39 is 0 Å². The maximum Gasteiger partial charge on any atom is 0.105 e. The highest BCUT2D eigenvalue weighted by atomic mass is 16.6. The molecule has 22 heavy (non-hydrogen) atoms. The fraction of sp³-hybridized carbons (Fsp3) is 1.00. The SMILES string of the molecule is C1CN(C[C@@H]2CC[C@]3(COCCN(CC4CC4)C3)O2)CCO1. The van der Waals surface area contributed by atoms with E-state index in [9.17, 15) is 0 Å². The Bertz CT molecular complexity index is 371. The van der Waals surface area contributed by atoms with Crippen LogP contribution in [0, 0.1) is 5.92 Å². The van der Waals surface area contributed by atoms with Gasteiger partial charge in [0.05, 0.1) is 32.5 Å². The maximum absolute atomic E-state index is 6.56. The van der Waals surface area contributed by atoms with E-state index >= 15 is 0 Å². The number of rotatable bonds is 4. The molecule has 5 heteroatoms. The third kappa shape index (κ3) is 3.82. The topological polar surface area (TPSA) is 34.2 Å². The van der Waals surface area contributed by atoms with Crippen LogP contribution in [-0.4, -0.2) is 87.2 Å². The van der Waals surface area contributed by atoms with Gasteiger partial charge in [-0.2, -0.15) is 0 Å². The summed E-state index contributed by atoms with van der Waals surface area (Å²) in [6.07, 6.45) is 5.55. The van der Waals surface area contributed by atoms with Gasteiger partial charge >= 0.3 is 0 Å². The molecule has 0 aromatic rings. The van der Waals surface area contributed by atoms with E-state index in [1.165, 1.54) is 25.8 Å². The summed E-state index contributed by atoms with van der Waals surface area (Å²) >= 11 is 0. The van der Waals surface area contributed by atoms with E-state index in [-0.39, 0.29) is 5.60 Å². The number of ether oxygens (including phenoxy) is 3. The summed E-state index contributed by atoms with van der Waals surface area (Å²) in [5.74, 6) is 0.945. The lowest BCUT2D eigenvalue weighted by Gasteiger charge is -2.33. The summed E-state index contributed by atoms with van der Waals surface area (Å²) < 4.78 is 17.9. The Kier molecular flexibility index (Phi) is 4.69. The molecule has 0 amide bonds. The minimum absolute atomic E-state index is 0.0393. The van der Waals surface area contributed by atoms with Gasteiger partial charge in [0.15, 0.2) is 0 Å². The van der Waals surface area contributed by atoms with Gasteiger partial charge in [-0.3, -0.25) is 9.80 Å². The molecule has 4 rings (SSSR count). The molecule has 3 heterocycles. The molecule has 0 N–H and O–H groups in total. The molecule has 3 saturated heterocycles. The van der Waals surface area contributed by atoms with Crippen molar-refractivity contribution in [1.82, 2.24) is 9.80 Å². The number of morpholine rings is 1. The van der Waals surface area contributed by atoms with Crippen LogP contribution in [-0.2, 0) is 14.2 Å². The van der Waals surface area contributed by atoms with Crippen molar-refractivity contribution >= 4 is 0 Å². The Morgan fingerprint density at radius 3 is 2.45 bits per heavy atom. The zero-order valence-corrected chi connectivity index (χ0v) is 13.7. The van der Waals surface area contributed by atoms with Crippen LogP contribution >= 0.6 is 0 Å². The second kappa shape index (κ2) is 6.73. The first kappa shape index (κ1) is 15.3. The molecular formula is C17H30N2O3. The first-order valence-electron chi connectivity index (χ1n) is 9.09. The molecule has 0 radical (unpaired) electrons. The quantitative estimate of drug-likeness (QED) is 0.773. The van der Waals surface area contributed by atoms with Crippen molar-refractivity contribution in [3.05, 3.63) is 0 Å². The van der Waals surface area contributed by atoms with Crippen molar-refractivity contribution in [2.75, 3.05) is 65.7 Å². The molecule has 126 valence electrons. The Labute approximate surface area is 133 Å². The molecule has 0 unspecified atom stereocenters. The van der Waals surface area contributed by atoms with Gasteiger partial charge in [-0.25, -0.2) is 0 Å². The molecule has 4 aliphatic rings. The number of nitrogens with zero attached hydrogens (tertiary/aromatic N) is 2. The van der Waals surface area contributed by atoms with E-state index in [0.29, 0.717) is 6.10 Å². The Balaban J connectivity index is 1.32. The lowest BCUT2D eigenvalue weighted by molar-refractivity contribution is -0.0964. The zero-order chi connectivity index (χ0) is 14.8. The molecule has 0 aromatic heterocycles. The molecule has 3 aliphatic heterocycles. The highest BCUT2D eigenvalue weighted by Crippen LogP contribution is 2.35. The molecular weight excluding hydrogens is 280 g/mol. The van der Waals surface area contributed by atoms with Crippen LogP contribution < -0.4 is 0 Å². The van der Waals surface area contributed by atoms with Crippen molar-refractivity contribution in [3.8, 4) is 0 Å². The lowest BCUT2D eigenvalue weighted by Crippen LogP contribution is -2.46. The van der Waals surface area contributed by atoms with Gasteiger partial charge in [-0.1, -0.05) is 0 Å². The average Bonchev–Trinajstić information content (AvgIpc) is 3.29. The molecule has 0 bridgehead atoms. The number of hydrogen-bond donors (Lipinski definition) is 0. The van der Waals surface area contributed by atoms with Gasteiger partial charge in [0, 0.05) is 39.3 Å². The zero-order valence-electron chi connectivity index (χ0n) is 13.7. The average molecular weight is 310 g/mol. The van der Waals surface area contributed by atoms with Crippen molar-refractivity contribution in [2.45, 2.75) is 37.4 Å². The fourth-order valence-corrected chi connectivity index (χ4v) is 4.12. The van der Waals surface area contributed by atoms with Crippen LogP contribution in [0.4, 0.5) is 0 Å². The smallest absolute Gasteiger partial charge is 0.105 e. The van der Waals surface area contributed by atoms with Crippen LogP contribution in [0.2, 0.25) is 0 Å². The molecule has 5 nitrogen and oxygen atoms in total. The number of hydrogen-bond acceptors (Lipinski definition) is 5. The van der Waals surface area contributed by atoms with Crippen LogP contribution in [0.3, 0.4) is 0 Å². The van der Waals surface area contributed by atoms with Gasteiger partial charge in [-0.05, 0) is 31.6 Å². The van der Waals surface area contributed by atoms with E-state index in [1.54, 1.807) is 0 Å². The van der Waals surface area contributed by atoms with Crippen LogP contribution in [0.15, 0.2) is 0 Å². The summed E-state index contributed by atoms with van der Waals surface area (Å²) in [5.41, 5.74) is -0.0393. The van der Waals surface area contributed by atoms with Gasteiger partial charge in [0.25, 0.3) is 0 Å². The summed E-state index contributed by atoms with van der Waals surface area (Å²) in [7, 11) is 0. The van der Waals surface area contributed by atoms with Crippen molar-refractivity contribution in [2.24, 2.45) is 5.92 Å². The van der Waals surface area contributed by atoms with Gasteiger partial charge in [0.2, 0.25) is 0 Å². The van der Waals surface area contributed by atoms with Crippen LogP contribution in [0.25, 0.3) is 0 Å². The van der Waals surface area contributed by atoms with E-state index in [2.05, 4.69) is 9.80 Å². The van der Waals surface area contributed by atoms with Crippen LogP contribution in [0.1, 0.15) is 25.7 Å². The molecule has 1 spiro atoms. The molecule has 1 aliphatic carbocycles. The predicted molar refractivity (Wildman–Crippen MR) is 84.1 cm³/mol. The Morgan fingerprint density at radius 1 is 0.864 bits per heavy atom. The standard InChI is InChI=1S/C17H30N2O3/c1-2-15(1)11-19-7-10-21-14-17(13-19)4-3-16(22-17)12-18-5-8-20-9-6-18/h15-16H,1-14H2/t16-,17-/m0/s1. The van der Waals surface area contributed by atoms with E-state index in [1.807, 2.05) is 0 Å². The lowest BCUT2D eigenvalue weighted by atomic mass is 10.00. The third-order valence-corrected chi connectivity index (χ3v) is 5.55. The summed E-state index contributed by atoms with van der Waals surface area (Å²) in [5, 5.41) is 0. The summed E-state index contributed by atoms with van der Waals surface area (Å²) in [6.45, 7) is 9.97.